The molecule has 3 rings (SSSR count). The fraction of sp³-hybridized carbons (Fsp3) is 0.158. The molecule has 3 N–H and O–H groups in total. The Morgan fingerprint density at radius 1 is 1.00 bits per heavy atom. The number of nitrogens with zero attached hydrogens (tertiary/aromatic N) is 3. The van der Waals surface area contributed by atoms with Crippen LogP contribution in [0.2, 0.25) is 0 Å². The third kappa shape index (κ3) is 5.28. The molecule has 2 aromatic heterocycles. The van der Waals surface area contributed by atoms with Gasteiger partial charge in [-0.3, -0.25) is 4.79 Å². The molecule has 0 aliphatic carbocycles. The summed E-state index contributed by atoms with van der Waals surface area (Å²) in [7, 11) is 3.08. The highest BCUT2D eigenvalue weighted by atomic mass is 19.1. The molecule has 0 saturated heterocycles. The standard InChI is InChI=1S/C19H19FN6O3/c1-11(27)22-16-5-4-6-17(24-16)25-18-15(20)10-21-19(26-18)23-12-7-13(28-2)9-14(8-12)29-3/h4-10H,1-3H3,(H3,21,22,23,24,25,26,27). The van der Waals surface area contributed by atoms with Gasteiger partial charge in [-0.05, 0) is 12.1 Å². The van der Waals surface area contributed by atoms with Crippen molar-refractivity contribution in [1.82, 2.24) is 15.0 Å². The van der Waals surface area contributed by atoms with E-state index in [0.717, 1.165) is 6.20 Å². The fourth-order valence-corrected chi connectivity index (χ4v) is 2.40. The Labute approximate surface area is 166 Å². The van der Waals surface area contributed by atoms with E-state index < -0.39 is 5.82 Å². The van der Waals surface area contributed by atoms with Gasteiger partial charge < -0.3 is 25.4 Å². The van der Waals surface area contributed by atoms with Gasteiger partial charge in [0.25, 0.3) is 0 Å². The lowest BCUT2D eigenvalue weighted by molar-refractivity contribution is -0.114. The van der Waals surface area contributed by atoms with E-state index in [-0.39, 0.29) is 17.7 Å². The van der Waals surface area contributed by atoms with Crippen LogP contribution in [0.5, 0.6) is 11.5 Å². The summed E-state index contributed by atoms with van der Waals surface area (Å²) in [5, 5.41) is 8.32. The molecule has 29 heavy (non-hydrogen) atoms. The minimum atomic E-state index is -0.662. The van der Waals surface area contributed by atoms with Gasteiger partial charge in [-0.2, -0.15) is 4.98 Å². The Hall–Kier alpha value is -3.95. The smallest absolute Gasteiger partial charge is 0.229 e. The molecule has 150 valence electrons. The molecule has 0 atom stereocenters. The van der Waals surface area contributed by atoms with E-state index in [4.69, 9.17) is 9.47 Å². The van der Waals surface area contributed by atoms with Crippen LogP contribution in [-0.2, 0) is 4.79 Å². The predicted molar refractivity (Wildman–Crippen MR) is 107 cm³/mol. The van der Waals surface area contributed by atoms with Gasteiger partial charge in [0.1, 0.15) is 23.1 Å². The highest BCUT2D eigenvalue weighted by Crippen LogP contribution is 2.28. The highest BCUT2D eigenvalue weighted by molar-refractivity contribution is 5.87. The number of methoxy groups -OCH3 is 2. The van der Waals surface area contributed by atoms with Crippen LogP contribution < -0.4 is 25.4 Å². The Morgan fingerprint density at radius 3 is 2.34 bits per heavy atom. The van der Waals surface area contributed by atoms with Gasteiger partial charge in [-0.25, -0.2) is 14.4 Å². The summed E-state index contributed by atoms with van der Waals surface area (Å²) in [6.45, 7) is 1.37. The van der Waals surface area contributed by atoms with Crippen LogP contribution in [0, 0.1) is 5.82 Å². The number of carbonyl (C=O) groups excluding carboxylic acids is 1. The zero-order chi connectivity index (χ0) is 20.8. The number of rotatable bonds is 7. The van der Waals surface area contributed by atoms with E-state index in [1.54, 1.807) is 36.4 Å². The van der Waals surface area contributed by atoms with Gasteiger partial charge in [-0.15, -0.1) is 0 Å². The average molecular weight is 398 g/mol. The number of hydrogen-bond acceptors (Lipinski definition) is 8. The maximum atomic E-state index is 14.2. The first-order valence-corrected chi connectivity index (χ1v) is 8.51. The Kier molecular flexibility index (Phi) is 6.03. The molecule has 0 aliphatic heterocycles. The topological polar surface area (TPSA) is 110 Å². The molecule has 0 radical (unpaired) electrons. The molecule has 0 aliphatic rings. The Morgan fingerprint density at radius 2 is 1.69 bits per heavy atom. The maximum Gasteiger partial charge on any atom is 0.229 e. The molecule has 2 heterocycles. The minimum absolute atomic E-state index is 0.0789. The molecule has 1 amide bonds. The molecular weight excluding hydrogens is 379 g/mol. The number of ether oxygens (including phenoxy) is 2. The largest absolute Gasteiger partial charge is 0.497 e. The summed E-state index contributed by atoms with van der Waals surface area (Å²) in [6.07, 6.45) is 1.03. The fourth-order valence-electron chi connectivity index (χ4n) is 2.40. The van der Waals surface area contributed by atoms with Crippen molar-refractivity contribution in [2.75, 3.05) is 30.2 Å². The first kappa shape index (κ1) is 19.8. The summed E-state index contributed by atoms with van der Waals surface area (Å²) < 4.78 is 24.6. The highest BCUT2D eigenvalue weighted by Gasteiger charge is 2.10. The van der Waals surface area contributed by atoms with Crippen molar-refractivity contribution in [3.63, 3.8) is 0 Å². The lowest BCUT2D eigenvalue weighted by Crippen LogP contribution is -2.09. The van der Waals surface area contributed by atoms with E-state index in [9.17, 15) is 9.18 Å². The molecule has 0 saturated carbocycles. The van der Waals surface area contributed by atoms with E-state index in [1.165, 1.54) is 21.1 Å². The third-order valence-electron chi connectivity index (χ3n) is 3.65. The van der Waals surface area contributed by atoms with Gasteiger partial charge in [0, 0.05) is 30.8 Å². The minimum Gasteiger partial charge on any atom is -0.497 e. The van der Waals surface area contributed by atoms with Crippen molar-refractivity contribution in [2.24, 2.45) is 0 Å². The van der Waals surface area contributed by atoms with Gasteiger partial charge in [-0.1, -0.05) is 6.07 Å². The zero-order valence-corrected chi connectivity index (χ0v) is 16.0. The summed E-state index contributed by atoms with van der Waals surface area (Å²) >= 11 is 0. The SMILES string of the molecule is COc1cc(Nc2ncc(F)c(Nc3cccc(NC(C)=O)n3)n2)cc(OC)c1. The summed E-state index contributed by atoms with van der Waals surface area (Å²) in [5.41, 5.74) is 0.601. The van der Waals surface area contributed by atoms with E-state index >= 15 is 0 Å². The van der Waals surface area contributed by atoms with Crippen molar-refractivity contribution in [1.29, 1.82) is 0 Å². The second-order valence-corrected chi connectivity index (χ2v) is 5.83. The van der Waals surface area contributed by atoms with Crippen molar-refractivity contribution in [3.8, 4) is 11.5 Å². The summed E-state index contributed by atoms with van der Waals surface area (Å²) in [5.74, 6) is 0.944. The molecule has 0 unspecified atom stereocenters. The second kappa shape index (κ2) is 8.83. The number of nitrogens with one attached hydrogen (secondary N) is 3. The number of halogens is 1. The maximum absolute atomic E-state index is 14.2. The van der Waals surface area contributed by atoms with Crippen molar-refractivity contribution in [3.05, 3.63) is 48.4 Å². The van der Waals surface area contributed by atoms with Crippen molar-refractivity contribution < 1.29 is 18.7 Å². The number of hydrogen-bond donors (Lipinski definition) is 3. The molecule has 0 fully saturated rings. The normalized spacial score (nSPS) is 10.2. The van der Waals surface area contributed by atoms with E-state index in [1.807, 2.05) is 0 Å². The third-order valence-corrected chi connectivity index (χ3v) is 3.65. The Bertz CT molecular complexity index is 1010. The number of carbonyl (C=O) groups is 1. The van der Waals surface area contributed by atoms with Crippen molar-refractivity contribution >= 4 is 35.0 Å². The number of amides is 1. The van der Waals surface area contributed by atoms with Crippen LogP contribution in [0.3, 0.4) is 0 Å². The average Bonchev–Trinajstić information content (AvgIpc) is 2.70. The molecule has 3 aromatic rings. The van der Waals surface area contributed by atoms with Crippen LogP contribution in [0.25, 0.3) is 0 Å². The Balaban J connectivity index is 1.83. The number of pyridine rings is 1. The van der Waals surface area contributed by atoms with E-state index in [2.05, 4.69) is 30.9 Å². The number of anilines is 5. The summed E-state index contributed by atoms with van der Waals surface area (Å²) in [6, 6.07) is 10.1. The quantitative estimate of drug-likeness (QED) is 0.555. The van der Waals surface area contributed by atoms with Crippen molar-refractivity contribution in [2.45, 2.75) is 6.92 Å². The number of benzene rings is 1. The molecule has 0 bridgehead atoms. The summed E-state index contributed by atoms with van der Waals surface area (Å²) in [4.78, 5) is 23.4. The molecular formula is C19H19FN6O3. The molecule has 1 aromatic carbocycles. The van der Waals surface area contributed by atoms with Crippen LogP contribution >= 0.6 is 0 Å². The van der Waals surface area contributed by atoms with Gasteiger partial charge >= 0.3 is 0 Å². The first-order chi connectivity index (χ1) is 14.0. The van der Waals surface area contributed by atoms with Crippen LogP contribution in [0.15, 0.2) is 42.6 Å². The monoisotopic (exact) mass is 398 g/mol. The number of aromatic nitrogens is 3. The molecule has 10 heteroatoms. The molecule has 9 nitrogen and oxygen atoms in total. The zero-order valence-electron chi connectivity index (χ0n) is 16.0. The van der Waals surface area contributed by atoms with Crippen LogP contribution in [-0.4, -0.2) is 35.1 Å². The van der Waals surface area contributed by atoms with Gasteiger partial charge in [0.15, 0.2) is 11.6 Å². The van der Waals surface area contributed by atoms with Crippen LogP contribution in [0.1, 0.15) is 6.92 Å². The van der Waals surface area contributed by atoms with Gasteiger partial charge in [0.05, 0.1) is 20.4 Å². The van der Waals surface area contributed by atoms with Crippen LogP contribution in [0.4, 0.5) is 33.5 Å². The lowest BCUT2D eigenvalue weighted by atomic mass is 10.3. The predicted octanol–water partition coefficient (Wildman–Crippen LogP) is 3.47. The first-order valence-electron chi connectivity index (χ1n) is 8.51. The lowest BCUT2D eigenvalue weighted by Gasteiger charge is -2.11. The second-order valence-electron chi connectivity index (χ2n) is 5.83. The molecule has 0 spiro atoms. The van der Waals surface area contributed by atoms with E-state index in [0.29, 0.717) is 28.8 Å². The van der Waals surface area contributed by atoms with Gasteiger partial charge in [0.2, 0.25) is 11.9 Å².